The van der Waals surface area contributed by atoms with Crippen molar-refractivity contribution in [1.29, 1.82) is 0 Å². The van der Waals surface area contributed by atoms with E-state index in [1.807, 2.05) is 6.07 Å². The van der Waals surface area contributed by atoms with Crippen molar-refractivity contribution in [3.8, 4) is 0 Å². The number of aliphatic hydroxyl groups excluding tert-OH is 1. The van der Waals surface area contributed by atoms with E-state index in [1.165, 1.54) is 0 Å². The van der Waals surface area contributed by atoms with Gasteiger partial charge >= 0.3 is 0 Å². The highest BCUT2D eigenvalue weighted by Crippen LogP contribution is 2.25. The van der Waals surface area contributed by atoms with Crippen molar-refractivity contribution in [2.24, 2.45) is 0 Å². The third kappa shape index (κ3) is 3.08. The number of carbonyl (C=O) groups excluding carboxylic acids is 1. The molecule has 20 heavy (non-hydrogen) atoms. The summed E-state index contributed by atoms with van der Waals surface area (Å²) >= 11 is 6.12. The molecule has 106 valence electrons. The van der Waals surface area contributed by atoms with E-state index in [-0.39, 0.29) is 5.91 Å². The van der Waals surface area contributed by atoms with Crippen LogP contribution in [0.3, 0.4) is 0 Å². The van der Waals surface area contributed by atoms with Crippen LogP contribution in [0.25, 0.3) is 10.9 Å². The van der Waals surface area contributed by atoms with Gasteiger partial charge < -0.3 is 10.0 Å². The third-order valence-corrected chi connectivity index (χ3v) is 3.51. The van der Waals surface area contributed by atoms with Crippen LogP contribution in [-0.2, 0) is 0 Å². The summed E-state index contributed by atoms with van der Waals surface area (Å²) in [5.41, 5.74) is 1.13. The summed E-state index contributed by atoms with van der Waals surface area (Å²) < 4.78 is 0. The summed E-state index contributed by atoms with van der Waals surface area (Å²) in [5, 5.41) is 10.6. The first-order valence-corrected chi connectivity index (χ1v) is 6.85. The van der Waals surface area contributed by atoms with Crippen LogP contribution in [0, 0.1) is 0 Å². The molecule has 2 aromatic rings. The zero-order valence-electron chi connectivity index (χ0n) is 11.5. The number of rotatable bonds is 4. The number of hydrogen-bond acceptors (Lipinski definition) is 3. The van der Waals surface area contributed by atoms with Crippen LogP contribution in [-0.4, -0.2) is 40.6 Å². The molecule has 1 heterocycles. The van der Waals surface area contributed by atoms with Gasteiger partial charge in [-0.3, -0.25) is 9.78 Å². The minimum absolute atomic E-state index is 0.119. The van der Waals surface area contributed by atoms with Gasteiger partial charge in [-0.05, 0) is 37.6 Å². The molecular weight excluding hydrogens is 276 g/mol. The van der Waals surface area contributed by atoms with Gasteiger partial charge in [0.1, 0.15) is 0 Å². The van der Waals surface area contributed by atoms with Crippen LogP contribution >= 0.6 is 11.6 Å². The molecule has 1 aromatic heterocycles. The van der Waals surface area contributed by atoms with Gasteiger partial charge in [0.25, 0.3) is 5.91 Å². The Labute approximate surface area is 123 Å². The van der Waals surface area contributed by atoms with Crippen LogP contribution in [0.1, 0.15) is 23.7 Å². The largest absolute Gasteiger partial charge is 0.393 e. The quantitative estimate of drug-likeness (QED) is 0.943. The van der Waals surface area contributed by atoms with E-state index in [9.17, 15) is 9.90 Å². The normalized spacial score (nSPS) is 12.4. The van der Waals surface area contributed by atoms with E-state index >= 15 is 0 Å². The van der Waals surface area contributed by atoms with Gasteiger partial charge in [0.2, 0.25) is 0 Å². The van der Waals surface area contributed by atoms with Gasteiger partial charge in [0.05, 0.1) is 22.2 Å². The Hall–Kier alpha value is -1.65. The highest BCUT2D eigenvalue weighted by Gasteiger charge is 2.17. The summed E-state index contributed by atoms with van der Waals surface area (Å²) in [6.45, 7) is 2.20. The molecule has 0 radical (unpaired) electrons. The zero-order chi connectivity index (χ0) is 14.7. The smallest absolute Gasteiger partial charge is 0.255 e. The third-order valence-electron chi connectivity index (χ3n) is 3.18. The van der Waals surface area contributed by atoms with E-state index in [0.717, 1.165) is 5.39 Å². The highest BCUT2D eigenvalue weighted by atomic mass is 35.5. The molecule has 4 nitrogen and oxygen atoms in total. The maximum Gasteiger partial charge on any atom is 0.255 e. The fourth-order valence-corrected chi connectivity index (χ4v) is 2.21. The number of aliphatic hydroxyl groups is 1. The van der Waals surface area contributed by atoms with Crippen LogP contribution in [0.4, 0.5) is 0 Å². The fourth-order valence-electron chi connectivity index (χ4n) is 2.00. The van der Waals surface area contributed by atoms with E-state index < -0.39 is 6.10 Å². The molecule has 1 atom stereocenters. The van der Waals surface area contributed by atoms with Crippen molar-refractivity contribution in [2.75, 3.05) is 13.6 Å². The molecule has 5 heteroatoms. The number of hydrogen-bond donors (Lipinski definition) is 1. The number of amides is 1. The lowest BCUT2D eigenvalue weighted by molar-refractivity contribution is 0.0770. The Morgan fingerprint density at radius 2 is 2.20 bits per heavy atom. The molecular formula is C15H17ClN2O2. The molecule has 0 spiro atoms. The summed E-state index contributed by atoms with van der Waals surface area (Å²) in [7, 11) is 1.72. The fraction of sp³-hybridized carbons (Fsp3) is 0.333. The van der Waals surface area contributed by atoms with Crippen LogP contribution in [0.5, 0.6) is 0 Å². The number of carbonyl (C=O) groups is 1. The van der Waals surface area contributed by atoms with Gasteiger partial charge in [-0.1, -0.05) is 11.6 Å². The second kappa shape index (κ2) is 6.20. The SMILES string of the molecule is CC(O)CCN(C)C(=O)c1ccc(Cl)c2cccnc12. The Morgan fingerprint density at radius 3 is 2.90 bits per heavy atom. The average Bonchev–Trinajstić information content (AvgIpc) is 2.44. The van der Waals surface area contributed by atoms with Gasteiger partial charge in [-0.25, -0.2) is 0 Å². The molecule has 1 unspecified atom stereocenters. The number of benzene rings is 1. The standard InChI is InChI=1S/C15H17ClN2O2/c1-10(19)7-9-18(2)15(20)12-5-6-13(16)11-4-3-8-17-14(11)12/h3-6,8,10,19H,7,9H2,1-2H3. The van der Waals surface area contributed by atoms with E-state index in [1.54, 1.807) is 43.3 Å². The van der Waals surface area contributed by atoms with Crippen molar-refractivity contribution >= 4 is 28.4 Å². The Morgan fingerprint density at radius 1 is 1.45 bits per heavy atom. The van der Waals surface area contributed by atoms with Crippen molar-refractivity contribution < 1.29 is 9.90 Å². The predicted octanol–water partition coefficient (Wildman–Crippen LogP) is 2.73. The molecule has 0 fully saturated rings. The first-order valence-electron chi connectivity index (χ1n) is 6.47. The number of aromatic nitrogens is 1. The minimum atomic E-state index is -0.426. The summed E-state index contributed by atoms with van der Waals surface area (Å²) in [6, 6.07) is 7.04. The van der Waals surface area contributed by atoms with Gasteiger partial charge in [0, 0.05) is 25.2 Å². The van der Waals surface area contributed by atoms with Crippen LogP contribution in [0.2, 0.25) is 5.02 Å². The summed E-state index contributed by atoms with van der Waals surface area (Å²) in [5.74, 6) is -0.119. The lowest BCUT2D eigenvalue weighted by atomic mass is 10.1. The lowest BCUT2D eigenvalue weighted by Crippen LogP contribution is -2.29. The molecule has 0 saturated heterocycles. The first-order chi connectivity index (χ1) is 9.50. The number of nitrogens with zero attached hydrogens (tertiary/aromatic N) is 2. The van der Waals surface area contributed by atoms with Gasteiger partial charge in [-0.15, -0.1) is 0 Å². The summed E-state index contributed by atoms with van der Waals surface area (Å²) in [6.07, 6.45) is 1.76. The topological polar surface area (TPSA) is 53.4 Å². The molecule has 0 saturated carbocycles. The molecule has 0 aliphatic carbocycles. The monoisotopic (exact) mass is 292 g/mol. The maximum atomic E-state index is 12.4. The molecule has 0 bridgehead atoms. The van der Waals surface area contributed by atoms with Crippen molar-refractivity contribution in [3.63, 3.8) is 0 Å². The van der Waals surface area contributed by atoms with Gasteiger partial charge in [-0.2, -0.15) is 0 Å². The summed E-state index contributed by atoms with van der Waals surface area (Å²) in [4.78, 5) is 18.3. The molecule has 1 aromatic carbocycles. The predicted molar refractivity (Wildman–Crippen MR) is 80.0 cm³/mol. The van der Waals surface area contributed by atoms with Crippen molar-refractivity contribution in [1.82, 2.24) is 9.88 Å². The highest BCUT2D eigenvalue weighted by molar-refractivity contribution is 6.35. The molecule has 0 aliphatic rings. The lowest BCUT2D eigenvalue weighted by Gasteiger charge is -2.19. The van der Waals surface area contributed by atoms with E-state index in [2.05, 4.69) is 4.98 Å². The van der Waals surface area contributed by atoms with E-state index in [4.69, 9.17) is 11.6 Å². The number of fused-ring (bicyclic) bond motifs is 1. The van der Waals surface area contributed by atoms with Crippen LogP contribution in [0.15, 0.2) is 30.5 Å². The molecule has 1 amide bonds. The molecule has 0 aliphatic heterocycles. The van der Waals surface area contributed by atoms with Crippen molar-refractivity contribution in [2.45, 2.75) is 19.4 Å². The van der Waals surface area contributed by atoms with Crippen LogP contribution < -0.4 is 0 Å². The molecule has 1 N–H and O–H groups in total. The Kier molecular flexibility index (Phi) is 4.57. The molecule has 2 rings (SSSR count). The Bertz CT molecular complexity index is 628. The maximum absolute atomic E-state index is 12.4. The van der Waals surface area contributed by atoms with E-state index in [0.29, 0.717) is 29.1 Å². The zero-order valence-corrected chi connectivity index (χ0v) is 12.3. The average molecular weight is 293 g/mol. The number of pyridine rings is 1. The minimum Gasteiger partial charge on any atom is -0.393 e. The van der Waals surface area contributed by atoms with Gasteiger partial charge in [0.15, 0.2) is 0 Å². The second-order valence-electron chi connectivity index (χ2n) is 4.86. The Balaban J connectivity index is 2.33. The first kappa shape index (κ1) is 14.8. The number of halogens is 1. The second-order valence-corrected chi connectivity index (χ2v) is 5.27. The van der Waals surface area contributed by atoms with Crippen molar-refractivity contribution in [3.05, 3.63) is 41.0 Å².